The van der Waals surface area contributed by atoms with E-state index < -0.39 is 5.97 Å². The summed E-state index contributed by atoms with van der Waals surface area (Å²) in [4.78, 5) is 25.4. The first kappa shape index (κ1) is 25.3. The van der Waals surface area contributed by atoms with E-state index in [1.165, 1.54) is 6.07 Å². The van der Waals surface area contributed by atoms with Gasteiger partial charge >= 0.3 is 5.97 Å². The van der Waals surface area contributed by atoms with Gasteiger partial charge < -0.3 is 18.8 Å². The maximum Gasteiger partial charge on any atom is 0.343 e. The highest BCUT2D eigenvalue weighted by atomic mass is 35.5. The van der Waals surface area contributed by atoms with Crippen molar-refractivity contribution in [1.82, 2.24) is 4.57 Å². The molecule has 2 atom stereocenters. The van der Waals surface area contributed by atoms with Crippen LogP contribution in [0, 0.1) is 5.41 Å². The molecule has 2 aromatic rings. The molecule has 0 saturated carbocycles. The maximum atomic E-state index is 12.9. The summed E-state index contributed by atoms with van der Waals surface area (Å²) in [7, 11) is 1.66. The van der Waals surface area contributed by atoms with E-state index in [0.717, 1.165) is 29.7 Å². The number of methoxy groups -OCH3 is 1. The Balaban J connectivity index is 2.18. The van der Waals surface area contributed by atoms with Gasteiger partial charge in [-0.3, -0.25) is 4.79 Å². The molecule has 7 heteroatoms. The van der Waals surface area contributed by atoms with Gasteiger partial charge in [-0.1, -0.05) is 39.3 Å². The minimum Gasteiger partial charge on any atom is -0.492 e. The van der Waals surface area contributed by atoms with Crippen LogP contribution in [0.15, 0.2) is 29.2 Å². The predicted molar refractivity (Wildman–Crippen MR) is 131 cm³/mol. The topological polar surface area (TPSA) is 66.8 Å². The number of rotatable bonds is 9. The van der Waals surface area contributed by atoms with Gasteiger partial charge in [0.15, 0.2) is 5.43 Å². The third-order valence-corrected chi connectivity index (χ3v) is 6.98. The highest BCUT2D eigenvalue weighted by Crippen LogP contribution is 2.52. The van der Waals surface area contributed by atoms with Crippen molar-refractivity contribution in [1.29, 1.82) is 0 Å². The Morgan fingerprint density at radius 2 is 1.91 bits per heavy atom. The molecule has 33 heavy (non-hydrogen) atoms. The fraction of sp³-hybridized carbons (Fsp3) is 0.538. The Morgan fingerprint density at radius 1 is 1.18 bits per heavy atom. The lowest BCUT2D eigenvalue weighted by molar-refractivity contribution is 0.0522. The van der Waals surface area contributed by atoms with Crippen LogP contribution in [0.25, 0.3) is 11.3 Å². The van der Waals surface area contributed by atoms with Crippen LogP contribution in [-0.4, -0.2) is 37.5 Å². The third-order valence-electron chi connectivity index (χ3n) is 6.68. The van der Waals surface area contributed by atoms with Crippen LogP contribution >= 0.6 is 11.6 Å². The summed E-state index contributed by atoms with van der Waals surface area (Å²) in [5.74, 6) is 0.131. The van der Waals surface area contributed by atoms with Crippen LogP contribution in [0.3, 0.4) is 0 Å². The number of nitrogens with zero attached hydrogens (tertiary/aromatic N) is 1. The summed E-state index contributed by atoms with van der Waals surface area (Å²) in [6, 6.07) is 5.41. The highest BCUT2D eigenvalue weighted by molar-refractivity contribution is 6.32. The average molecular weight is 476 g/mol. The van der Waals surface area contributed by atoms with Gasteiger partial charge in [-0.05, 0) is 36.5 Å². The number of pyridine rings is 1. The van der Waals surface area contributed by atoms with E-state index in [1.807, 2.05) is 12.1 Å². The van der Waals surface area contributed by atoms with E-state index in [2.05, 4.69) is 32.3 Å². The molecule has 0 radical (unpaired) electrons. The van der Waals surface area contributed by atoms with Crippen LogP contribution < -0.4 is 10.2 Å². The van der Waals surface area contributed by atoms with E-state index in [-0.39, 0.29) is 35.0 Å². The zero-order valence-electron chi connectivity index (χ0n) is 20.4. The van der Waals surface area contributed by atoms with Crippen LogP contribution in [0.1, 0.15) is 75.3 Å². The molecule has 1 aliphatic heterocycles. The third kappa shape index (κ3) is 4.97. The van der Waals surface area contributed by atoms with Crippen molar-refractivity contribution in [2.24, 2.45) is 5.41 Å². The summed E-state index contributed by atoms with van der Waals surface area (Å²) >= 11 is 6.59. The molecule has 0 bridgehead atoms. The first-order valence-electron chi connectivity index (χ1n) is 11.5. The Bertz CT molecular complexity index is 1080. The zero-order valence-corrected chi connectivity index (χ0v) is 21.1. The fourth-order valence-corrected chi connectivity index (χ4v) is 4.91. The minimum absolute atomic E-state index is 0.0151. The second kappa shape index (κ2) is 10.3. The summed E-state index contributed by atoms with van der Waals surface area (Å²) in [5, 5.41) is 0.486. The molecule has 0 fully saturated rings. The van der Waals surface area contributed by atoms with E-state index in [4.69, 9.17) is 25.8 Å². The molecule has 0 aliphatic carbocycles. The lowest BCUT2D eigenvalue weighted by atomic mass is 9.70. The molecule has 2 heterocycles. The number of hydrogen-bond donors (Lipinski definition) is 0. The Hall–Kier alpha value is -2.31. The number of aromatic nitrogens is 1. The standard InChI is InChI=1S/C26H34ClNO5/c1-7-26(4,5)24-16(3)17-13-23(33-11-9-10-31-6)20(27)12-18(17)21-14-22(29)19(15-28(21)24)25(30)32-8-2/h12-16,24H,7-11H2,1-6H3/t16-,24+/m1/s1. The van der Waals surface area contributed by atoms with Gasteiger partial charge in [-0.15, -0.1) is 0 Å². The number of esters is 1. The van der Waals surface area contributed by atoms with Crippen molar-refractivity contribution < 1.29 is 19.0 Å². The molecule has 0 unspecified atom stereocenters. The Morgan fingerprint density at radius 3 is 2.55 bits per heavy atom. The molecule has 1 aromatic carbocycles. The molecule has 3 rings (SSSR count). The molecule has 0 N–H and O–H groups in total. The van der Waals surface area contributed by atoms with Gasteiger partial charge in [0.1, 0.15) is 11.3 Å². The molecular formula is C26H34ClNO5. The van der Waals surface area contributed by atoms with Crippen molar-refractivity contribution in [2.45, 2.75) is 59.4 Å². The summed E-state index contributed by atoms with van der Waals surface area (Å²) in [5.41, 5.74) is 2.30. The van der Waals surface area contributed by atoms with Crippen LogP contribution in [0.5, 0.6) is 5.75 Å². The summed E-state index contributed by atoms with van der Waals surface area (Å²) in [6.45, 7) is 11.8. The van der Waals surface area contributed by atoms with Crippen molar-refractivity contribution >= 4 is 17.6 Å². The van der Waals surface area contributed by atoms with Gasteiger partial charge in [0.2, 0.25) is 0 Å². The van der Waals surface area contributed by atoms with Crippen molar-refractivity contribution in [3.63, 3.8) is 0 Å². The first-order valence-corrected chi connectivity index (χ1v) is 11.9. The van der Waals surface area contributed by atoms with Crippen molar-refractivity contribution in [2.75, 3.05) is 26.9 Å². The number of carbonyl (C=O) groups is 1. The second-order valence-corrected chi connectivity index (χ2v) is 9.61. The van der Waals surface area contributed by atoms with E-state index in [0.29, 0.717) is 24.0 Å². The molecule has 0 amide bonds. The van der Waals surface area contributed by atoms with Crippen LogP contribution in [0.2, 0.25) is 5.02 Å². The van der Waals surface area contributed by atoms with Crippen LogP contribution in [0.4, 0.5) is 0 Å². The molecule has 0 spiro atoms. The van der Waals surface area contributed by atoms with Gasteiger partial charge in [0.05, 0.1) is 23.9 Å². The van der Waals surface area contributed by atoms with Gasteiger partial charge in [-0.2, -0.15) is 0 Å². The van der Waals surface area contributed by atoms with E-state index in [1.54, 1.807) is 20.2 Å². The number of carbonyl (C=O) groups excluding carboxylic acids is 1. The highest BCUT2D eigenvalue weighted by Gasteiger charge is 2.40. The molecular weight excluding hydrogens is 442 g/mol. The number of hydrogen-bond acceptors (Lipinski definition) is 5. The lowest BCUT2D eigenvalue weighted by Gasteiger charge is -2.44. The Labute approximate surface area is 200 Å². The lowest BCUT2D eigenvalue weighted by Crippen LogP contribution is -2.36. The molecule has 1 aromatic heterocycles. The van der Waals surface area contributed by atoms with Crippen molar-refractivity contribution in [3.8, 4) is 17.0 Å². The fourth-order valence-electron chi connectivity index (χ4n) is 4.69. The van der Waals surface area contributed by atoms with Gasteiger partial charge in [0, 0.05) is 49.9 Å². The van der Waals surface area contributed by atoms with Crippen LogP contribution in [-0.2, 0) is 9.47 Å². The number of halogens is 1. The number of benzene rings is 1. The summed E-state index contributed by atoms with van der Waals surface area (Å²) < 4.78 is 18.2. The zero-order chi connectivity index (χ0) is 24.3. The maximum absolute atomic E-state index is 12.9. The molecule has 6 nitrogen and oxygen atoms in total. The second-order valence-electron chi connectivity index (χ2n) is 9.20. The Kier molecular flexibility index (Phi) is 7.91. The number of ether oxygens (including phenoxy) is 3. The van der Waals surface area contributed by atoms with Gasteiger partial charge in [0.25, 0.3) is 0 Å². The first-order chi connectivity index (χ1) is 15.7. The minimum atomic E-state index is -0.595. The smallest absolute Gasteiger partial charge is 0.343 e. The average Bonchev–Trinajstić information content (AvgIpc) is 2.77. The quantitative estimate of drug-likeness (QED) is 0.336. The SMILES string of the molecule is CCOC(=O)c1cn2c(cc1=O)-c1cc(Cl)c(OCCCOC)cc1[C@@H](C)[C@H]2C(C)(C)CC. The van der Waals surface area contributed by atoms with Gasteiger partial charge in [-0.25, -0.2) is 4.79 Å². The van der Waals surface area contributed by atoms with E-state index in [9.17, 15) is 9.59 Å². The predicted octanol–water partition coefficient (Wildman–Crippen LogP) is 5.86. The largest absolute Gasteiger partial charge is 0.492 e. The normalized spacial score (nSPS) is 17.3. The van der Waals surface area contributed by atoms with Crippen molar-refractivity contribution in [3.05, 3.63) is 50.8 Å². The van der Waals surface area contributed by atoms with E-state index >= 15 is 0 Å². The summed E-state index contributed by atoms with van der Waals surface area (Å²) in [6.07, 6.45) is 3.35. The number of fused-ring (bicyclic) bond motifs is 3. The molecule has 180 valence electrons. The molecule has 1 aliphatic rings. The molecule has 0 saturated heterocycles. The monoisotopic (exact) mass is 475 g/mol.